The highest BCUT2D eigenvalue weighted by Gasteiger charge is 2.35. The first-order chi connectivity index (χ1) is 16.9. The van der Waals surface area contributed by atoms with Crippen LogP contribution in [0.1, 0.15) is 36.3 Å². The van der Waals surface area contributed by atoms with E-state index in [1.54, 1.807) is 0 Å². The summed E-state index contributed by atoms with van der Waals surface area (Å²) in [6.45, 7) is 0.533. The van der Waals surface area contributed by atoms with E-state index in [4.69, 9.17) is 9.47 Å². The SMILES string of the molecule is COC(=O)[C@H]1CCCN(C(=O)C(CC(=O)O)NC(=O)OCC2c3ccccc3-c3ccccc32)C1. The van der Waals surface area contributed by atoms with E-state index in [0.717, 1.165) is 22.3 Å². The maximum Gasteiger partial charge on any atom is 0.407 e. The van der Waals surface area contributed by atoms with Crippen molar-refractivity contribution in [3.63, 3.8) is 0 Å². The van der Waals surface area contributed by atoms with E-state index in [0.29, 0.717) is 19.4 Å². The molecule has 1 aliphatic carbocycles. The van der Waals surface area contributed by atoms with Crippen LogP contribution in [-0.2, 0) is 23.9 Å². The van der Waals surface area contributed by atoms with Crippen LogP contribution in [0.2, 0.25) is 0 Å². The molecule has 0 radical (unpaired) electrons. The summed E-state index contributed by atoms with van der Waals surface area (Å²) in [6.07, 6.45) is -0.300. The zero-order valence-electron chi connectivity index (χ0n) is 19.4. The summed E-state index contributed by atoms with van der Waals surface area (Å²) in [4.78, 5) is 50.4. The minimum Gasteiger partial charge on any atom is -0.481 e. The fourth-order valence-corrected chi connectivity index (χ4v) is 4.91. The van der Waals surface area contributed by atoms with Crippen LogP contribution in [0.3, 0.4) is 0 Å². The van der Waals surface area contributed by atoms with Gasteiger partial charge >= 0.3 is 18.0 Å². The Kier molecular flexibility index (Phi) is 7.33. The van der Waals surface area contributed by atoms with E-state index in [1.165, 1.54) is 12.0 Å². The fraction of sp³-hybridized carbons (Fsp3) is 0.385. The highest BCUT2D eigenvalue weighted by molar-refractivity contribution is 5.90. The molecule has 1 aliphatic heterocycles. The molecule has 1 saturated heterocycles. The highest BCUT2D eigenvalue weighted by atomic mass is 16.5. The van der Waals surface area contributed by atoms with Crippen molar-refractivity contribution in [1.29, 1.82) is 0 Å². The van der Waals surface area contributed by atoms with Gasteiger partial charge in [-0.15, -0.1) is 0 Å². The molecule has 1 heterocycles. The van der Waals surface area contributed by atoms with E-state index in [2.05, 4.69) is 5.32 Å². The second-order valence-electron chi connectivity index (χ2n) is 8.77. The quantitative estimate of drug-likeness (QED) is 0.584. The number of nitrogens with zero attached hydrogens (tertiary/aromatic N) is 1. The maximum atomic E-state index is 13.1. The number of likely N-dealkylation sites (tertiary alicyclic amines) is 1. The molecule has 0 saturated carbocycles. The number of hydrogen-bond acceptors (Lipinski definition) is 6. The first kappa shape index (κ1) is 24.3. The van der Waals surface area contributed by atoms with Crippen LogP contribution < -0.4 is 5.32 Å². The van der Waals surface area contributed by atoms with Gasteiger partial charge in [-0.05, 0) is 35.1 Å². The Bertz CT molecular complexity index is 1090. The van der Waals surface area contributed by atoms with Crippen LogP contribution in [0.5, 0.6) is 0 Å². The van der Waals surface area contributed by atoms with Crippen molar-refractivity contribution in [1.82, 2.24) is 10.2 Å². The van der Waals surface area contributed by atoms with E-state index in [9.17, 15) is 24.3 Å². The number of benzene rings is 2. The summed E-state index contributed by atoms with van der Waals surface area (Å²) in [5.74, 6) is -2.84. The highest BCUT2D eigenvalue weighted by Crippen LogP contribution is 2.44. The van der Waals surface area contributed by atoms with Crippen molar-refractivity contribution in [3.8, 4) is 11.1 Å². The van der Waals surface area contributed by atoms with Crippen LogP contribution >= 0.6 is 0 Å². The number of methoxy groups -OCH3 is 1. The van der Waals surface area contributed by atoms with Crippen molar-refractivity contribution in [3.05, 3.63) is 59.7 Å². The number of carbonyl (C=O) groups is 4. The number of carboxylic acid groups (broad SMARTS) is 1. The Hall–Kier alpha value is -3.88. The number of carboxylic acids is 1. The molecule has 184 valence electrons. The molecular weight excluding hydrogens is 452 g/mol. The number of hydrogen-bond donors (Lipinski definition) is 2. The lowest BCUT2D eigenvalue weighted by molar-refractivity contribution is -0.150. The Morgan fingerprint density at radius 2 is 1.69 bits per heavy atom. The molecule has 1 fully saturated rings. The second kappa shape index (κ2) is 10.6. The van der Waals surface area contributed by atoms with Crippen LogP contribution in [-0.4, -0.2) is 66.8 Å². The molecule has 4 rings (SSSR count). The Morgan fingerprint density at radius 1 is 1.06 bits per heavy atom. The topological polar surface area (TPSA) is 122 Å². The largest absolute Gasteiger partial charge is 0.481 e. The molecule has 2 aliphatic rings. The number of fused-ring (bicyclic) bond motifs is 3. The zero-order chi connectivity index (χ0) is 24.9. The van der Waals surface area contributed by atoms with Gasteiger partial charge in [0.2, 0.25) is 5.91 Å². The first-order valence-electron chi connectivity index (χ1n) is 11.6. The van der Waals surface area contributed by atoms with Crippen LogP contribution in [0.25, 0.3) is 11.1 Å². The summed E-state index contributed by atoms with van der Waals surface area (Å²) in [7, 11) is 1.29. The average Bonchev–Trinajstić information content (AvgIpc) is 3.19. The van der Waals surface area contributed by atoms with Crippen LogP contribution in [0.4, 0.5) is 4.79 Å². The Balaban J connectivity index is 1.42. The third kappa shape index (κ3) is 5.29. The van der Waals surface area contributed by atoms with Gasteiger partial charge in [-0.1, -0.05) is 48.5 Å². The summed E-state index contributed by atoms with van der Waals surface area (Å²) in [6, 6.07) is 14.5. The minimum absolute atomic E-state index is 0.0436. The van der Waals surface area contributed by atoms with Gasteiger partial charge in [0.15, 0.2) is 0 Å². The molecular formula is C26H28N2O7. The van der Waals surface area contributed by atoms with Crippen molar-refractivity contribution >= 4 is 23.9 Å². The van der Waals surface area contributed by atoms with Gasteiger partial charge in [0.25, 0.3) is 0 Å². The number of aliphatic carboxylic acids is 1. The third-order valence-corrected chi connectivity index (χ3v) is 6.58. The van der Waals surface area contributed by atoms with E-state index in [-0.39, 0.29) is 19.1 Å². The summed E-state index contributed by atoms with van der Waals surface area (Å²) in [5, 5.41) is 11.7. The molecule has 2 N–H and O–H groups in total. The third-order valence-electron chi connectivity index (χ3n) is 6.58. The number of piperidine rings is 1. The standard InChI is InChI=1S/C26H28N2O7/c1-34-25(32)16-7-6-12-28(14-16)24(31)22(13-23(29)30)27-26(33)35-15-21-19-10-4-2-8-17(19)18-9-3-5-11-20(18)21/h2-5,8-11,16,21-22H,6-7,12-15H2,1H3,(H,27,33)(H,29,30)/t16-,22?/m0/s1. The first-order valence-corrected chi connectivity index (χ1v) is 11.6. The van der Waals surface area contributed by atoms with Crippen LogP contribution in [0.15, 0.2) is 48.5 Å². The molecule has 0 aromatic heterocycles. The monoisotopic (exact) mass is 480 g/mol. The van der Waals surface area contributed by atoms with Crippen molar-refractivity contribution < 1.29 is 33.8 Å². The number of ether oxygens (including phenoxy) is 2. The number of esters is 1. The Morgan fingerprint density at radius 3 is 2.29 bits per heavy atom. The molecule has 2 amide bonds. The number of nitrogens with one attached hydrogen (secondary N) is 1. The number of amides is 2. The predicted molar refractivity (Wildman–Crippen MR) is 126 cm³/mol. The van der Waals surface area contributed by atoms with Gasteiger partial charge in [0.05, 0.1) is 19.4 Å². The summed E-state index contributed by atoms with van der Waals surface area (Å²) < 4.78 is 10.3. The molecule has 2 atom stereocenters. The molecule has 0 bridgehead atoms. The molecule has 2 aromatic rings. The normalized spacial score (nSPS) is 17.6. The molecule has 0 spiro atoms. The van der Waals surface area contributed by atoms with Crippen LogP contribution in [0, 0.1) is 5.92 Å². The lowest BCUT2D eigenvalue weighted by Crippen LogP contribution is -2.53. The van der Waals surface area contributed by atoms with Gasteiger partial charge < -0.3 is 24.8 Å². The van der Waals surface area contributed by atoms with Gasteiger partial charge in [0.1, 0.15) is 12.6 Å². The fourth-order valence-electron chi connectivity index (χ4n) is 4.91. The van der Waals surface area contributed by atoms with Crippen molar-refractivity contribution in [2.24, 2.45) is 5.92 Å². The van der Waals surface area contributed by atoms with Crippen molar-refractivity contribution in [2.45, 2.75) is 31.2 Å². The minimum atomic E-state index is -1.31. The molecule has 9 heteroatoms. The summed E-state index contributed by atoms with van der Waals surface area (Å²) >= 11 is 0. The van der Waals surface area contributed by atoms with E-state index in [1.807, 2.05) is 48.5 Å². The Labute approximate surface area is 203 Å². The molecule has 1 unspecified atom stereocenters. The second-order valence-corrected chi connectivity index (χ2v) is 8.77. The van der Waals surface area contributed by atoms with Gasteiger partial charge in [0, 0.05) is 19.0 Å². The average molecular weight is 481 g/mol. The molecule has 35 heavy (non-hydrogen) atoms. The summed E-state index contributed by atoms with van der Waals surface area (Å²) in [5.41, 5.74) is 4.26. The van der Waals surface area contributed by atoms with Gasteiger partial charge in [-0.25, -0.2) is 4.79 Å². The molecule has 2 aromatic carbocycles. The maximum absolute atomic E-state index is 13.1. The lowest BCUT2D eigenvalue weighted by atomic mass is 9.97. The number of alkyl carbamates (subject to hydrolysis) is 1. The van der Waals surface area contributed by atoms with E-state index < -0.39 is 42.3 Å². The van der Waals surface area contributed by atoms with Gasteiger partial charge in [-0.2, -0.15) is 0 Å². The lowest BCUT2D eigenvalue weighted by Gasteiger charge is -2.33. The molecule has 9 nitrogen and oxygen atoms in total. The smallest absolute Gasteiger partial charge is 0.407 e. The zero-order valence-corrected chi connectivity index (χ0v) is 19.4. The predicted octanol–water partition coefficient (Wildman–Crippen LogP) is 2.78. The number of carbonyl (C=O) groups excluding carboxylic acids is 3. The number of rotatable bonds is 7. The van der Waals surface area contributed by atoms with Gasteiger partial charge in [-0.3, -0.25) is 14.4 Å². The van der Waals surface area contributed by atoms with Crippen molar-refractivity contribution in [2.75, 3.05) is 26.8 Å². The van der Waals surface area contributed by atoms with E-state index >= 15 is 0 Å².